The molecule has 0 saturated carbocycles. The third-order valence-electron chi connectivity index (χ3n) is 4.81. The molecule has 0 N–H and O–H groups in total. The second kappa shape index (κ2) is 7.17. The Morgan fingerprint density at radius 3 is 1.33 bits per heavy atom. The van der Waals surface area contributed by atoms with E-state index in [0.717, 1.165) is 0 Å². The number of Topliss-reactive ketones (excluding diaryl/α,β-unsaturated/α-hetero) is 2. The van der Waals surface area contributed by atoms with Crippen LogP contribution in [0.25, 0.3) is 11.1 Å². The molecule has 1 aliphatic carbocycles. The highest BCUT2D eigenvalue weighted by molar-refractivity contribution is 6.51. The molecule has 4 rings (SSSR count). The summed E-state index contributed by atoms with van der Waals surface area (Å²) in [5, 5.41) is 22.4. The topological polar surface area (TPSA) is 120 Å². The SMILES string of the molecule is O=C1C(c2cccc([N+](=O)[O-])c2)=C(c2cccc([N+](=O)[O-])c2)C(=O)c2ccccc21. The van der Waals surface area contributed by atoms with Crippen LogP contribution in [0.2, 0.25) is 0 Å². The molecule has 0 atom stereocenters. The molecule has 0 unspecified atom stereocenters. The number of hydrogen-bond acceptors (Lipinski definition) is 6. The molecule has 0 aromatic heterocycles. The van der Waals surface area contributed by atoms with Crippen LogP contribution in [0.15, 0.2) is 72.8 Å². The maximum atomic E-state index is 13.3. The lowest BCUT2D eigenvalue weighted by Gasteiger charge is -2.21. The summed E-state index contributed by atoms with van der Waals surface area (Å²) < 4.78 is 0. The highest BCUT2D eigenvalue weighted by Gasteiger charge is 2.34. The van der Waals surface area contributed by atoms with Crippen LogP contribution >= 0.6 is 0 Å². The summed E-state index contributed by atoms with van der Waals surface area (Å²) >= 11 is 0. The Kier molecular flexibility index (Phi) is 4.51. The van der Waals surface area contributed by atoms with E-state index in [4.69, 9.17) is 0 Å². The van der Waals surface area contributed by atoms with Crippen LogP contribution in [0.4, 0.5) is 11.4 Å². The normalized spacial score (nSPS) is 13.2. The minimum atomic E-state index is -0.597. The van der Waals surface area contributed by atoms with Gasteiger partial charge in [0.25, 0.3) is 11.4 Å². The Morgan fingerprint density at radius 2 is 0.967 bits per heavy atom. The summed E-state index contributed by atoms with van der Waals surface area (Å²) in [6.45, 7) is 0. The van der Waals surface area contributed by atoms with Gasteiger partial charge < -0.3 is 0 Å². The lowest BCUT2D eigenvalue weighted by atomic mass is 9.78. The largest absolute Gasteiger partial charge is 0.289 e. The first-order chi connectivity index (χ1) is 14.4. The summed E-state index contributed by atoms with van der Waals surface area (Å²) in [6, 6.07) is 17.1. The van der Waals surface area contributed by atoms with Crippen LogP contribution in [0.1, 0.15) is 31.8 Å². The van der Waals surface area contributed by atoms with Gasteiger partial charge >= 0.3 is 0 Å². The van der Waals surface area contributed by atoms with Crippen molar-refractivity contribution in [2.75, 3.05) is 0 Å². The van der Waals surface area contributed by atoms with Crippen molar-refractivity contribution in [2.24, 2.45) is 0 Å². The summed E-state index contributed by atoms with van der Waals surface area (Å²) in [4.78, 5) is 47.9. The summed E-state index contributed by atoms with van der Waals surface area (Å²) in [6.07, 6.45) is 0. The van der Waals surface area contributed by atoms with E-state index in [1.807, 2.05) is 0 Å². The molecule has 0 radical (unpaired) electrons. The van der Waals surface area contributed by atoms with Crippen molar-refractivity contribution in [3.63, 3.8) is 0 Å². The molecule has 0 heterocycles. The van der Waals surface area contributed by atoms with Crippen LogP contribution in [-0.2, 0) is 0 Å². The fourth-order valence-electron chi connectivity index (χ4n) is 3.48. The smallest absolute Gasteiger partial charge is 0.270 e. The molecule has 0 fully saturated rings. The first kappa shape index (κ1) is 18.9. The molecule has 30 heavy (non-hydrogen) atoms. The van der Waals surface area contributed by atoms with E-state index in [1.54, 1.807) is 12.1 Å². The first-order valence-electron chi connectivity index (χ1n) is 8.81. The zero-order valence-corrected chi connectivity index (χ0v) is 15.3. The van der Waals surface area contributed by atoms with Crippen molar-refractivity contribution in [3.05, 3.63) is 115 Å². The predicted octanol–water partition coefficient (Wildman–Crippen LogP) is 4.49. The van der Waals surface area contributed by atoms with Crippen molar-refractivity contribution < 1.29 is 19.4 Å². The molecule has 8 heteroatoms. The van der Waals surface area contributed by atoms with E-state index in [0.29, 0.717) is 0 Å². The van der Waals surface area contributed by atoms with E-state index >= 15 is 0 Å². The maximum absolute atomic E-state index is 13.3. The van der Waals surface area contributed by atoms with Gasteiger partial charge in [0.05, 0.1) is 9.85 Å². The third kappa shape index (κ3) is 3.06. The standard InChI is InChI=1S/C22H12N2O6/c25-21-17-9-1-2-10-18(17)22(26)20(14-6-4-8-16(12-14)24(29)30)19(21)13-5-3-7-15(11-13)23(27)28/h1-12H. The van der Waals surface area contributed by atoms with E-state index in [9.17, 15) is 29.8 Å². The van der Waals surface area contributed by atoms with Gasteiger partial charge in [-0.1, -0.05) is 48.5 Å². The molecule has 0 amide bonds. The molecule has 3 aromatic rings. The Morgan fingerprint density at radius 1 is 0.567 bits per heavy atom. The van der Waals surface area contributed by atoms with Gasteiger partial charge in [-0.15, -0.1) is 0 Å². The van der Waals surface area contributed by atoms with E-state index < -0.39 is 21.4 Å². The fraction of sp³-hybridized carbons (Fsp3) is 0. The lowest BCUT2D eigenvalue weighted by Crippen LogP contribution is -2.20. The van der Waals surface area contributed by atoms with Gasteiger partial charge in [-0.05, 0) is 11.1 Å². The number of benzene rings is 3. The predicted molar refractivity (Wildman–Crippen MR) is 108 cm³/mol. The van der Waals surface area contributed by atoms with E-state index in [2.05, 4.69) is 0 Å². The van der Waals surface area contributed by atoms with Crippen LogP contribution < -0.4 is 0 Å². The van der Waals surface area contributed by atoms with Crippen LogP contribution in [0.3, 0.4) is 0 Å². The van der Waals surface area contributed by atoms with Crippen molar-refractivity contribution in [3.8, 4) is 0 Å². The number of carbonyl (C=O) groups excluding carboxylic acids is 2. The monoisotopic (exact) mass is 400 g/mol. The minimum Gasteiger partial charge on any atom is -0.289 e. The van der Waals surface area contributed by atoms with Gasteiger partial charge in [0.2, 0.25) is 0 Å². The van der Waals surface area contributed by atoms with Gasteiger partial charge in [-0.25, -0.2) is 0 Å². The highest BCUT2D eigenvalue weighted by Crippen LogP contribution is 2.39. The number of fused-ring (bicyclic) bond motifs is 1. The number of rotatable bonds is 4. The number of carbonyl (C=O) groups is 2. The molecular formula is C22H12N2O6. The van der Waals surface area contributed by atoms with Crippen molar-refractivity contribution in [2.45, 2.75) is 0 Å². The zero-order chi connectivity index (χ0) is 21.4. The van der Waals surface area contributed by atoms with Gasteiger partial charge in [0.15, 0.2) is 11.6 Å². The molecule has 0 aliphatic heterocycles. The number of ketones is 2. The number of allylic oxidation sites excluding steroid dienone is 2. The lowest BCUT2D eigenvalue weighted by molar-refractivity contribution is -0.385. The number of non-ortho nitro benzene ring substituents is 2. The highest BCUT2D eigenvalue weighted by atomic mass is 16.6. The quantitative estimate of drug-likeness (QED) is 0.470. The number of hydrogen-bond donors (Lipinski definition) is 0. The Balaban J connectivity index is 2.05. The number of nitro benzene ring substituents is 2. The maximum Gasteiger partial charge on any atom is 0.270 e. The first-order valence-corrected chi connectivity index (χ1v) is 8.81. The zero-order valence-electron chi connectivity index (χ0n) is 15.3. The second-order valence-corrected chi connectivity index (χ2v) is 6.57. The molecule has 0 spiro atoms. The molecule has 8 nitrogen and oxygen atoms in total. The van der Waals surface area contributed by atoms with E-state index in [-0.39, 0.29) is 44.8 Å². The van der Waals surface area contributed by atoms with E-state index in [1.165, 1.54) is 60.7 Å². The number of nitro groups is 2. The minimum absolute atomic E-state index is 0.0251. The molecule has 3 aromatic carbocycles. The summed E-state index contributed by atoms with van der Waals surface area (Å²) in [5.41, 5.74) is 0.217. The van der Waals surface area contributed by atoms with Gasteiger partial charge in [-0.2, -0.15) is 0 Å². The fourth-order valence-corrected chi connectivity index (χ4v) is 3.48. The third-order valence-corrected chi connectivity index (χ3v) is 4.81. The number of nitrogens with zero attached hydrogens (tertiary/aromatic N) is 2. The summed E-state index contributed by atoms with van der Waals surface area (Å²) in [5.74, 6) is -0.959. The Labute approximate surface area is 169 Å². The molecule has 0 saturated heterocycles. The van der Waals surface area contributed by atoms with Crippen LogP contribution in [0, 0.1) is 20.2 Å². The van der Waals surface area contributed by atoms with Crippen LogP contribution in [0.5, 0.6) is 0 Å². The van der Waals surface area contributed by atoms with Crippen molar-refractivity contribution >= 4 is 34.1 Å². The molecule has 0 bridgehead atoms. The van der Waals surface area contributed by atoms with Gasteiger partial charge in [0.1, 0.15) is 0 Å². The Bertz CT molecular complexity index is 1190. The Hall–Kier alpha value is -4.46. The van der Waals surface area contributed by atoms with Crippen LogP contribution in [-0.4, -0.2) is 21.4 Å². The van der Waals surface area contributed by atoms with Crippen molar-refractivity contribution in [1.82, 2.24) is 0 Å². The average Bonchev–Trinajstić information content (AvgIpc) is 2.76. The van der Waals surface area contributed by atoms with Gasteiger partial charge in [-0.3, -0.25) is 29.8 Å². The average molecular weight is 400 g/mol. The summed E-state index contributed by atoms with van der Waals surface area (Å²) in [7, 11) is 0. The second-order valence-electron chi connectivity index (χ2n) is 6.57. The van der Waals surface area contributed by atoms with Gasteiger partial charge in [0, 0.05) is 46.5 Å². The molecule has 146 valence electrons. The molecular weight excluding hydrogens is 388 g/mol. The molecule has 1 aliphatic rings. The van der Waals surface area contributed by atoms with Crippen molar-refractivity contribution in [1.29, 1.82) is 0 Å².